The van der Waals surface area contributed by atoms with E-state index in [0.29, 0.717) is 21.9 Å². The molecular weight excluding hydrogens is 380 g/mol. The number of carbonyl (C=O) groups excluding carboxylic acids is 1. The lowest BCUT2D eigenvalue weighted by molar-refractivity contribution is 0.102. The predicted molar refractivity (Wildman–Crippen MR) is 103 cm³/mol. The van der Waals surface area contributed by atoms with Crippen molar-refractivity contribution in [3.8, 4) is 0 Å². The first-order valence-electron chi connectivity index (χ1n) is 7.54. The first kappa shape index (κ1) is 19.7. The van der Waals surface area contributed by atoms with Gasteiger partial charge in [-0.25, -0.2) is 8.42 Å². The minimum absolute atomic E-state index is 0.306. The van der Waals surface area contributed by atoms with Crippen molar-refractivity contribution in [3.63, 3.8) is 0 Å². The molecule has 0 bridgehead atoms. The lowest BCUT2D eigenvalue weighted by Crippen LogP contribution is -2.25. The number of hydrogen-bond donors (Lipinski definition) is 1. The van der Waals surface area contributed by atoms with E-state index in [2.05, 4.69) is 22.4 Å². The summed E-state index contributed by atoms with van der Waals surface area (Å²) >= 11 is 2.94. The molecule has 0 unspecified atom stereocenters. The van der Waals surface area contributed by atoms with Gasteiger partial charge in [-0.3, -0.25) is 14.4 Å². The minimum Gasteiger partial charge on any atom is -0.296 e. The number of sulfonamides is 1. The second-order valence-electron chi connectivity index (χ2n) is 5.41. The van der Waals surface area contributed by atoms with Crippen molar-refractivity contribution >= 4 is 49.8 Å². The maximum atomic E-state index is 12.4. The second-order valence-corrected chi connectivity index (χ2v) is 9.74. The summed E-state index contributed by atoms with van der Waals surface area (Å²) < 4.78 is 25.3. The Labute approximate surface area is 155 Å². The normalized spacial score (nSPS) is 11.4. The van der Waals surface area contributed by atoms with Gasteiger partial charge < -0.3 is 0 Å². The van der Waals surface area contributed by atoms with Gasteiger partial charge in [0.2, 0.25) is 15.2 Å². The van der Waals surface area contributed by atoms with E-state index in [1.807, 2.05) is 0 Å². The van der Waals surface area contributed by atoms with Crippen LogP contribution in [-0.2, 0) is 10.0 Å². The predicted octanol–water partition coefficient (Wildman–Crippen LogP) is 3.00. The van der Waals surface area contributed by atoms with Gasteiger partial charge in [-0.15, -0.1) is 10.2 Å². The SMILES string of the molecule is CCCSc1nnc(NC(=O)c2ccc(N(C)S(C)(=O)=O)c(C)c2)s1. The van der Waals surface area contributed by atoms with Crippen LogP contribution in [0.1, 0.15) is 29.3 Å². The number of amides is 1. The molecule has 136 valence electrons. The molecule has 1 heterocycles. The smallest absolute Gasteiger partial charge is 0.257 e. The van der Waals surface area contributed by atoms with Crippen LogP contribution in [0.3, 0.4) is 0 Å². The van der Waals surface area contributed by atoms with E-state index in [1.165, 1.54) is 22.7 Å². The number of carbonyl (C=O) groups is 1. The summed E-state index contributed by atoms with van der Waals surface area (Å²) in [4.78, 5) is 12.4. The number of rotatable bonds is 7. The Hall–Kier alpha value is -1.65. The van der Waals surface area contributed by atoms with Crippen LogP contribution in [-0.4, -0.2) is 43.6 Å². The second kappa shape index (κ2) is 8.15. The van der Waals surface area contributed by atoms with Crippen LogP contribution in [0.15, 0.2) is 22.5 Å². The fourth-order valence-electron chi connectivity index (χ4n) is 2.01. The minimum atomic E-state index is -3.35. The number of hydrogen-bond acceptors (Lipinski definition) is 7. The van der Waals surface area contributed by atoms with Gasteiger partial charge in [-0.1, -0.05) is 30.0 Å². The number of aryl methyl sites for hydroxylation is 1. The largest absolute Gasteiger partial charge is 0.296 e. The van der Waals surface area contributed by atoms with E-state index in [4.69, 9.17) is 0 Å². The van der Waals surface area contributed by atoms with E-state index in [-0.39, 0.29) is 5.91 Å². The number of thioether (sulfide) groups is 1. The lowest BCUT2D eigenvalue weighted by atomic mass is 10.1. The maximum absolute atomic E-state index is 12.4. The van der Waals surface area contributed by atoms with Gasteiger partial charge in [0.15, 0.2) is 4.34 Å². The Morgan fingerprint density at radius 1 is 1.36 bits per heavy atom. The van der Waals surface area contributed by atoms with Gasteiger partial charge in [-0.05, 0) is 37.1 Å². The molecule has 0 spiro atoms. The number of benzene rings is 1. The van der Waals surface area contributed by atoms with Crippen LogP contribution in [0.25, 0.3) is 0 Å². The first-order valence-corrected chi connectivity index (χ1v) is 11.2. The molecule has 1 aromatic heterocycles. The Morgan fingerprint density at radius 2 is 2.08 bits per heavy atom. The van der Waals surface area contributed by atoms with E-state index >= 15 is 0 Å². The highest BCUT2D eigenvalue weighted by molar-refractivity contribution is 8.01. The molecule has 2 rings (SSSR count). The third-order valence-electron chi connectivity index (χ3n) is 3.35. The molecule has 7 nitrogen and oxygen atoms in total. The van der Waals surface area contributed by atoms with E-state index in [1.54, 1.807) is 36.9 Å². The van der Waals surface area contributed by atoms with Crippen LogP contribution < -0.4 is 9.62 Å². The molecule has 0 saturated heterocycles. The zero-order chi connectivity index (χ0) is 18.6. The molecule has 0 aliphatic carbocycles. The van der Waals surface area contributed by atoms with Gasteiger partial charge in [0, 0.05) is 18.4 Å². The summed E-state index contributed by atoms with van der Waals surface area (Å²) in [5.41, 5.74) is 1.66. The van der Waals surface area contributed by atoms with Gasteiger partial charge in [0.25, 0.3) is 5.91 Å². The molecule has 0 radical (unpaired) electrons. The maximum Gasteiger partial charge on any atom is 0.257 e. The quantitative estimate of drug-likeness (QED) is 0.567. The van der Waals surface area contributed by atoms with Crippen molar-refractivity contribution in [3.05, 3.63) is 29.3 Å². The number of anilines is 2. The summed E-state index contributed by atoms with van der Waals surface area (Å²) in [6, 6.07) is 4.86. The van der Waals surface area contributed by atoms with E-state index in [0.717, 1.165) is 22.8 Å². The molecular formula is C15H20N4O3S3. The topological polar surface area (TPSA) is 92.3 Å². The van der Waals surface area contributed by atoms with Crippen molar-refractivity contribution in [2.24, 2.45) is 0 Å². The van der Waals surface area contributed by atoms with Crippen molar-refractivity contribution in [1.82, 2.24) is 10.2 Å². The number of nitrogens with one attached hydrogen (secondary N) is 1. The molecule has 0 fully saturated rings. The fraction of sp³-hybridized carbons (Fsp3) is 0.400. The van der Waals surface area contributed by atoms with Gasteiger partial charge in [0.1, 0.15) is 0 Å². The third-order valence-corrected chi connectivity index (χ3v) is 6.72. The molecule has 0 aliphatic rings. The Bertz CT molecular complexity index is 865. The molecule has 25 heavy (non-hydrogen) atoms. The summed E-state index contributed by atoms with van der Waals surface area (Å²) in [6.45, 7) is 3.85. The fourth-order valence-corrected chi connectivity index (χ4v) is 4.24. The van der Waals surface area contributed by atoms with Crippen LogP contribution >= 0.6 is 23.1 Å². The van der Waals surface area contributed by atoms with E-state index in [9.17, 15) is 13.2 Å². The number of nitrogens with zero attached hydrogens (tertiary/aromatic N) is 3. The summed E-state index contributed by atoms with van der Waals surface area (Å²) in [5.74, 6) is 0.650. The zero-order valence-corrected chi connectivity index (χ0v) is 16.9. The van der Waals surface area contributed by atoms with Gasteiger partial charge in [-0.2, -0.15) is 0 Å². The van der Waals surface area contributed by atoms with Crippen molar-refractivity contribution in [2.75, 3.05) is 28.7 Å². The highest BCUT2D eigenvalue weighted by Gasteiger charge is 2.16. The van der Waals surface area contributed by atoms with Crippen LogP contribution in [0, 0.1) is 6.92 Å². The average Bonchev–Trinajstić information content (AvgIpc) is 2.98. The van der Waals surface area contributed by atoms with Crippen LogP contribution in [0.2, 0.25) is 0 Å². The highest BCUT2D eigenvalue weighted by atomic mass is 32.2. The van der Waals surface area contributed by atoms with Gasteiger partial charge in [0.05, 0.1) is 11.9 Å². The van der Waals surface area contributed by atoms with Crippen molar-refractivity contribution < 1.29 is 13.2 Å². The molecule has 0 atom stereocenters. The Balaban J connectivity index is 2.12. The monoisotopic (exact) mass is 400 g/mol. The molecule has 0 saturated carbocycles. The molecule has 10 heteroatoms. The molecule has 2 aromatic rings. The highest BCUT2D eigenvalue weighted by Crippen LogP contribution is 2.27. The Kier molecular flexibility index (Phi) is 6.42. The van der Waals surface area contributed by atoms with Crippen LogP contribution in [0.4, 0.5) is 10.8 Å². The molecule has 1 aromatic carbocycles. The van der Waals surface area contributed by atoms with Gasteiger partial charge >= 0.3 is 0 Å². The summed E-state index contributed by atoms with van der Waals surface area (Å²) in [5, 5.41) is 11.2. The molecule has 0 aliphatic heterocycles. The van der Waals surface area contributed by atoms with Crippen molar-refractivity contribution in [2.45, 2.75) is 24.6 Å². The summed E-state index contributed by atoms with van der Waals surface area (Å²) in [6.07, 6.45) is 2.18. The van der Waals surface area contributed by atoms with Crippen molar-refractivity contribution in [1.29, 1.82) is 0 Å². The number of aromatic nitrogens is 2. The standard InChI is InChI=1S/C15H20N4O3S3/c1-5-8-23-15-18-17-14(24-15)16-13(20)11-6-7-12(10(2)9-11)19(3)25(4,21)22/h6-7,9H,5,8H2,1-4H3,(H,16,17,20). The molecule has 1 N–H and O–H groups in total. The first-order chi connectivity index (χ1) is 11.7. The third kappa shape index (κ3) is 5.16. The zero-order valence-electron chi connectivity index (χ0n) is 14.4. The lowest BCUT2D eigenvalue weighted by Gasteiger charge is -2.19. The van der Waals surface area contributed by atoms with Crippen LogP contribution in [0.5, 0.6) is 0 Å². The molecule has 1 amide bonds. The van der Waals surface area contributed by atoms with E-state index < -0.39 is 10.0 Å². The Morgan fingerprint density at radius 3 is 2.68 bits per heavy atom. The summed E-state index contributed by atoms with van der Waals surface area (Å²) in [7, 11) is -1.87. The average molecular weight is 401 g/mol.